The van der Waals surface area contributed by atoms with Crippen LogP contribution in [-0.2, 0) is 4.74 Å². The van der Waals surface area contributed by atoms with Gasteiger partial charge in [0.2, 0.25) is 5.70 Å². The van der Waals surface area contributed by atoms with Crippen molar-refractivity contribution in [2.24, 2.45) is 5.73 Å². The highest BCUT2D eigenvalue weighted by Crippen LogP contribution is 2.24. The first kappa shape index (κ1) is 17.5. The van der Waals surface area contributed by atoms with E-state index in [2.05, 4.69) is 9.97 Å². The summed E-state index contributed by atoms with van der Waals surface area (Å²) in [6, 6.07) is 6.50. The quantitative estimate of drug-likeness (QED) is 0.642. The zero-order valence-electron chi connectivity index (χ0n) is 14.0. The molecule has 9 nitrogen and oxygen atoms in total. The van der Waals surface area contributed by atoms with Crippen molar-refractivity contribution in [2.75, 3.05) is 11.4 Å². The van der Waals surface area contributed by atoms with Gasteiger partial charge in [0.1, 0.15) is 11.9 Å². The third kappa shape index (κ3) is 3.67. The number of rotatable bonds is 5. The van der Waals surface area contributed by atoms with Gasteiger partial charge >= 0.3 is 6.09 Å². The highest BCUT2D eigenvalue weighted by Gasteiger charge is 2.36. The lowest BCUT2D eigenvalue weighted by Gasteiger charge is -2.14. The highest BCUT2D eigenvalue weighted by molar-refractivity contribution is 5.88. The predicted octanol–water partition coefficient (Wildman–Crippen LogP) is 1.98. The molecule has 1 aliphatic rings. The molecule has 1 unspecified atom stereocenters. The Hall–Kier alpha value is -3.33. The first-order chi connectivity index (χ1) is 12.5. The number of pyridine rings is 2. The topological polar surface area (TPSA) is 124 Å². The number of nitrogens with two attached hydrogens (primary N) is 1. The van der Waals surface area contributed by atoms with Gasteiger partial charge in [-0.2, -0.15) is 0 Å². The summed E-state index contributed by atoms with van der Waals surface area (Å²) in [6.45, 7) is 1.51. The number of nitrogens with zero attached hydrogens (tertiary/aromatic N) is 4. The maximum atomic E-state index is 12.1. The molecule has 0 radical (unpaired) electrons. The molecule has 0 aliphatic carbocycles. The zero-order chi connectivity index (χ0) is 18.7. The van der Waals surface area contributed by atoms with Gasteiger partial charge in [-0.15, -0.1) is 0 Å². The Morgan fingerprint density at radius 3 is 2.81 bits per heavy atom. The lowest BCUT2D eigenvalue weighted by molar-refractivity contribution is -0.424. The van der Waals surface area contributed by atoms with E-state index in [1.807, 2.05) is 18.2 Å². The number of carbonyl (C=O) groups excluding carboxylic acids is 1. The van der Waals surface area contributed by atoms with Gasteiger partial charge in [-0.25, -0.2) is 9.78 Å². The summed E-state index contributed by atoms with van der Waals surface area (Å²) in [4.78, 5) is 32.0. The van der Waals surface area contributed by atoms with Gasteiger partial charge in [-0.3, -0.25) is 20.0 Å². The van der Waals surface area contributed by atoms with Crippen LogP contribution in [0, 0.1) is 10.1 Å². The predicted molar refractivity (Wildman–Crippen MR) is 93.8 cm³/mol. The van der Waals surface area contributed by atoms with Gasteiger partial charge in [0.05, 0.1) is 17.5 Å². The largest absolute Gasteiger partial charge is 0.442 e. The molecule has 0 bridgehead atoms. The zero-order valence-corrected chi connectivity index (χ0v) is 14.0. The molecule has 2 N–H and O–H groups in total. The number of anilines is 1. The highest BCUT2D eigenvalue weighted by atomic mass is 16.6. The summed E-state index contributed by atoms with van der Waals surface area (Å²) in [7, 11) is 0. The van der Waals surface area contributed by atoms with Crippen LogP contribution in [-0.4, -0.2) is 39.7 Å². The minimum Gasteiger partial charge on any atom is -0.442 e. The normalized spacial score (nSPS) is 18.5. The number of carbonyl (C=O) groups is 1. The summed E-state index contributed by atoms with van der Waals surface area (Å²) in [5, 5.41) is 10.7. The molecule has 3 heterocycles. The molecular weight excluding hydrogens is 338 g/mol. The lowest BCUT2D eigenvalue weighted by Crippen LogP contribution is -2.37. The Labute approximate surface area is 149 Å². The lowest BCUT2D eigenvalue weighted by atomic mass is 10.1. The Bertz CT molecular complexity index is 838. The molecular formula is C17H17N5O4. The fourth-order valence-electron chi connectivity index (χ4n) is 2.57. The van der Waals surface area contributed by atoms with Crippen LogP contribution in [0.5, 0.6) is 0 Å². The molecule has 1 amide bonds. The number of hydrogen-bond donors (Lipinski definition) is 1. The molecule has 26 heavy (non-hydrogen) atoms. The minimum atomic E-state index is -0.774. The van der Waals surface area contributed by atoms with Crippen LogP contribution >= 0.6 is 0 Å². The second kappa shape index (κ2) is 7.28. The van der Waals surface area contributed by atoms with E-state index < -0.39 is 23.2 Å². The number of hydrogen-bond acceptors (Lipinski definition) is 7. The van der Waals surface area contributed by atoms with Gasteiger partial charge in [0.25, 0.3) is 0 Å². The second-order valence-electron chi connectivity index (χ2n) is 5.82. The molecule has 0 saturated carbocycles. The summed E-state index contributed by atoms with van der Waals surface area (Å²) in [6.07, 6.45) is 5.06. The maximum Gasteiger partial charge on any atom is 0.416 e. The first-order valence-corrected chi connectivity index (χ1v) is 7.88. The fourth-order valence-corrected chi connectivity index (χ4v) is 2.57. The third-order valence-electron chi connectivity index (χ3n) is 4.01. The standard InChI is InChI=1S/C17H17N5O4/c1-11(22(24)25)7-14(18)15-10-21(17(23)26-15)16-5-4-13(9-20-16)12-3-2-6-19-8-12/h2-9,14-15H,10,18H2,1H3/t14?,15-/m0/s1. The van der Waals surface area contributed by atoms with Crippen molar-refractivity contribution in [1.29, 1.82) is 0 Å². The number of ether oxygens (including phenoxy) is 1. The summed E-state index contributed by atoms with van der Waals surface area (Å²) in [5.41, 5.74) is 7.60. The van der Waals surface area contributed by atoms with Gasteiger partial charge in [0.15, 0.2) is 0 Å². The van der Waals surface area contributed by atoms with Gasteiger partial charge in [-0.1, -0.05) is 6.07 Å². The molecule has 0 spiro atoms. The molecule has 2 atom stereocenters. The molecule has 3 rings (SSSR count). The SMILES string of the molecule is CC(=CC(N)[C@@H]1CN(c2ccc(-c3cccnc3)cn2)C(=O)O1)[N+](=O)[O-]. The Kier molecular flexibility index (Phi) is 4.90. The van der Waals surface area contributed by atoms with Crippen LogP contribution in [0.2, 0.25) is 0 Å². The number of allylic oxidation sites excluding steroid dienone is 1. The van der Waals surface area contributed by atoms with E-state index in [4.69, 9.17) is 10.5 Å². The Morgan fingerprint density at radius 2 is 2.19 bits per heavy atom. The fraction of sp³-hybridized carbons (Fsp3) is 0.235. The van der Waals surface area contributed by atoms with E-state index in [9.17, 15) is 14.9 Å². The van der Waals surface area contributed by atoms with Crippen molar-refractivity contribution in [3.63, 3.8) is 0 Å². The van der Waals surface area contributed by atoms with Crippen molar-refractivity contribution >= 4 is 11.9 Å². The molecule has 2 aromatic heterocycles. The smallest absolute Gasteiger partial charge is 0.416 e. The van der Waals surface area contributed by atoms with Gasteiger partial charge in [0, 0.05) is 42.7 Å². The molecule has 0 aromatic carbocycles. The van der Waals surface area contributed by atoms with Crippen molar-refractivity contribution in [3.05, 3.63) is 64.7 Å². The van der Waals surface area contributed by atoms with Crippen molar-refractivity contribution in [1.82, 2.24) is 9.97 Å². The molecule has 9 heteroatoms. The molecule has 1 saturated heterocycles. The summed E-state index contributed by atoms with van der Waals surface area (Å²) >= 11 is 0. The van der Waals surface area contributed by atoms with Crippen molar-refractivity contribution in [3.8, 4) is 11.1 Å². The van der Waals surface area contributed by atoms with Crippen LogP contribution in [0.1, 0.15) is 6.92 Å². The number of cyclic esters (lactones) is 1. The van der Waals surface area contributed by atoms with Gasteiger partial charge in [-0.05, 0) is 18.2 Å². The summed E-state index contributed by atoms with van der Waals surface area (Å²) < 4.78 is 5.23. The maximum absolute atomic E-state index is 12.1. The van der Waals surface area contributed by atoms with Crippen LogP contribution in [0.25, 0.3) is 11.1 Å². The van der Waals surface area contributed by atoms with E-state index in [1.54, 1.807) is 24.7 Å². The number of nitro groups is 1. The van der Waals surface area contributed by atoms with Gasteiger partial charge < -0.3 is 10.5 Å². The minimum absolute atomic E-state index is 0.0917. The average molecular weight is 355 g/mol. The third-order valence-corrected chi connectivity index (χ3v) is 4.01. The van der Waals surface area contributed by atoms with E-state index in [0.717, 1.165) is 11.1 Å². The second-order valence-corrected chi connectivity index (χ2v) is 5.82. The Balaban J connectivity index is 1.73. The van der Waals surface area contributed by atoms with Crippen LogP contribution in [0.15, 0.2) is 54.6 Å². The van der Waals surface area contributed by atoms with E-state index in [1.165, 1.54) is 17.9 Å². The van der Waals surface area contributed by atoms with E-state index >= 15 is 0 Å². The molecule has 1 aliphatic heterocycles. The van der Waals surface area contributed by atoms with Crippen LogP contribution < -0.4 is 10.6 Å². The Morgan fingerprint density at radius 1 is 1.42 bits per heavy atom. The van der Waals surface area contributed by atoms with E-state index in [-0.39, 0.29) is 12.2 Å². The molecule has 2 aromatic rings. The van der Waals surface area contributed by atoms with Crippen molar-refractivity contribution in [2.45, 2.75) is 19.1 Å². The molecule has 1 fully saturated rings. The van der Waals surface area contributed by atoms with Crippen LogP contribution in [0.3, 0.4) is 0 Å². The van der Waals surface area contributed by atoms with E-state index in [0.29, 0.717) is 5.82 Å². The number of amides is 1. The summed E-state index contributed by atoms with van der Waals surface area (Å²) in [5.74, 6) is 0.423. The van der Waals surface area contributed by atoms with Crippen molar-refractivity contribution < 1.29 is 14.5 Å². The molecule has 134 valence electrons. The first-order valence-electron chi connectivity index (χ1n) is 7.88. The van der Waals surface area contributed by atoms with Crippen LogP contribution in [0.4, 0.5) is 10.6 Å². The monoisotopic (exact) mass is 355 g/mol. The average Bonchev–Trinajstić information content (AvgIpc) is 3.04. The number of aromatic nitrogens is 2.